The average Bonchev–Trinajstić information content (AvgIpc) is 3.10. The SMILES string of the molecule is CC(Sc1nnc(COc2ccc(C(C)(C)C)cc2)n1N)C(=O)N(C)C1CCCCC1. The lowest BCUT2D eigenvalue weighted by molar-refractivity contribution is -0.131. The van der Waals surface area contributed by atoms with Crippen molar-refractivity contribution in [2.75, 3.05) is 12.9 Å². The second-order valence-electron chi connectivity index (χ2n) is 9.33. The molecule has 1 heterocycles. The maximum Gasteiger partial charge on any atom is 0.235 e. The number of nitrogens with zero attached hydrogens (tertiary/aromatic N) is 4. The van der Waals surface area contributed by atoms with E-state index in [4.69, 9.17) is 10.6 Å². The fourth-order valence-corrected chi connectivity index (χ4v) is 4.72. The Hall–Kier alpha value is -2.22. The van der Waals surface area contributed by atoms with Crippen LogP contribution in [0.25, 0.3) is 0 Å². The van der Waals surface area contributed by atoms with E-state index in [0.717, 1.165) is 18.6 Å². The van der Waals surface area contributed by atoms with Crippen LogP contribution in [0, 0.1) is 0 Å². The molecule has 8 heteroatoms. The molecule has 7 nitrogen and oxygen atoms in total. The van der Waals surface area contributed by atoms with Crippen molar-refractivity contribution in [3.63, 3.8) is 0 Å². The first kappa shape index (κ1) is 23.4. The zero-order valence-electron chi connectivity index (χ0n) is 19.3. The van der Waals surface area contributed by atoms with Gasteiger partial charge in [-0.05, 0) is 42.9 Å². The topological polar surface area (TPSA) is 86.3 Å². The summed E-state index contributed by atoms with van der Waals surface area (Å²) in [6, 6.07) is 8.39. The molecule has 1 aromatic heterocycles. The van der Waals surface area contributed by atoms with Gasteiger partial charge in [-0.3, -0.25) is 4.79 Å². The second kappa shape index (κ2) is 9.94. The molecule has 1 atom stereocenters. The molecule has 1 saturated carbocycles. The number of carbonyl (C=O) groups excluding carboxylic acids is 1. The summed E-state index contributed by atoms with van der Waals surface area (Å²) in [4.78, 5) is 14.8. The van der Waals surface area contributed by atoms with E-state index in [-0.39, 0.29) is 23.2 Å². The number of ether oxygens (including phenoxy) is 1. The first-order valence-corrected chi connectivity index (χ1v) is 11.9. The third kappa shape index (κ3) is 5.93. The highest BCUT2D eigenvalue weighted by Gasteiger charge is 2.27. The summed E-state index contributed by atoms with van der Waals surface area (Å²) in [5.74, 6) is 7.56. The van der Waals surface area contributed by atoms with Gasteiger partial charge in [-0.1, -0.05) is 63.9 Å². The van der Waals surface area contributed by atoms with Crippen molar-refractivity contribution < 1.29 is 9.53 Å². The van der Waals surface area contributed by atoms with Gasteiger partial charge in [0, 0.05) is 13.1 Å². The number of nitrogens with two attached hydrogens (primary N) is 1. The van der Waals surface area contributed by atoms with Crippen LogP contribution in [-0.2, 0) is 16.8 Å². The third-order valence-corrected chi connectivity index (χ3v) is 6.97. The molecule has 0 aliphatic heterocycles. The number of amides is 1. The van der Waals surface area contributed by atoms with E-state index in [0.29, 0.717) is 17.0 Å². The monoisotopic (exact) mass is 445 g/mol. The van der Waals surface area contributed by atoms with Crippen molar-refractivity contribution >= 4 is 17.7 Å². The van der Waals surface area contributed by atoms with Gasteiger partial charge in [0.2, 0.25) is 11.1 Å². The van der Waals surface area contributed by atoms with E-state index < -0.39 is 0 Å². The van der Waals surface area contributed by atoms with Gasteiger partial charge >= 0.3 is 0 Å². The fourth-order valence-electron chi connectivity index (χ4n) is 3.83. The van der Waals surface area contributed by atoms with Gasteiger partial charge in [0.15, 0.2) is 5.82 Å². The largest absolute Gasteiger partial charge is 0.486 e. The number of benzene rings is 1. The molecule has 1 aliphatic rings. The molecule has 0 saturated heterocycles. The highest BCUT2D eigenvalue weighted by molar-refractivity contribution is 8.00. The first-order chi connectivity index (χ1) is 14.7. The summed E-state index contributed by atoms with van der Waals surface area (Å²) >= 11 is 1.34. The number of hydrogen-bond donors (Lipinski definition) is 1. The molecule has 0 radical (unpaired) electrons. The van der Waals surface area contributed by atoms with E-state index in [1.807, 2.05) is 31.0 Å². The van der Waals surface area contributed by atoms with Crippen molar-refractivity contribution in [3.05, 3.63) is 35.7 Å². The van der Waals surface area contributed by atoms with E-state index in [1.54, 1.807) is 0 Å². The minimum atomic E-state index is -0.280. The summed E-state index contributed by atoms with van der Waals surface area (Å²) in [5.41, 5.74) is 1.35. The van der Waals surface area contributed by atoms with Crippen molar-refractivity contribution in [1.82, 2.24) is 19.8 Å². The van der Waals surface area contributed by atoms with Crippen LogP contribution in [0.4, 0.5) is 0 Å². The van der Waals surface area contributed by atoms with Crippen molar-refractivity contribution in [1.29, 1.82) is 0 Å². The summed E-state index contributed by atoms with van der Waals surface area (Å²) in [6.45, 7) is 8.64. The van der Waals surface area contributed by atoms with Crippen LogP contribution in [0.15, 0.2) is 29.4 Å². The number of hydrogen-bond acceptors (Lipinski definition) is 6. The van der Waals surface area contributed by atoms with Crippen LogP contribution < -0.4 is 10.6 Å². The van der Waals surface area contributed by atoms with E-state index in [9.17, 15) is 4.79 Å². The molecule has 2 N–H and O–H groups in total. The van der Waals surface area contributed by atoms with Gasteiger partial charge < -0.3 is 15.5 Å². The number of aromatic nitrogens is 3. The molecule has 0 bridgehead atoms. The highest BCUT2D eigenvalue weighted by Crippen LogP contribution is 2.27. The summed E-state index contributed by atoms with van der Waals surface area (Å²) < 4.78 is 7.25. The minimum Gasteiger partial charge on any atom is -0.486 e. The van der Waals surface area contributed by atoms with Gasteiger partial charge in [-0.25, -0.2) is 4.68 Å². The lowest BCUT2D eigenvalue weighted by Crippen LogP contribution is -2.42. The Bertz CT molecular complexity index is 869. The Labute approximate surface area is 189 Å². The Morgan fingerprint density at radius 1 is 1.23 bits per heavy atom. The van der Waals surface area contributed by atoms with Gasteiger partial charge in [0.05, 0.1) is 5.25 Å². The van der Waals surface area contributed by atoms with E-state index >= 15 is 0 Å². The van der Waals surface area contributed by atoms with Crippen molar-refractivity contribution in [2.45, 2.75) is 88.3 Å². The Morgan fingerprint density at radius 2 is 1.87 bits per heavy atom. The normalized spacial score (nSPS) is 16.2. The second-order valence-corrected chi connectivity index (χ2v) is 10.6. The zero-order valence-corrected chi connectivity index (χ0v) is 20.1. The summed E-state index contributed by atoms with van der Waals surface area (Å²) in [5, 5.41) is 8.55. The van der Waals surface area contributed by atoms with Crippen LogP contribution in [-0.4, -0.2) is 44.0 Å². The number of nitrogen functional groups attached to an aromatic ring is 1. The summed E-state index contributed by atoms with van der Waals surface area (Å²) in [6.07, 6.45) is 5.84. The third-order valence-electron chi connectivity index (χ3n) is 5.92. The molecule has 3 rings (SSSR count). The highest BCUT2D eigenvalue weighted by atomic mass is 32.2. The smallest absolute Gasteiger partial charge is 0.235 e. The number of rotatable bonds is 7. The number of carbonyl (C=O) groups is 1. The Morgan fingerprint density at radius 3 is 2.48 bits per heavy atom. The maximum absolute atomic E-state index is 12.9. The lowest BCUT2D eigenvalue weighted by atomic mass is 9.87. The van der Waals surface area contributed by atoms with Gasteiger partial charge in [0.25, 0.3) is 0 Å². The Balaban J connectivity index is 1.56. The number of thioether (sulfide) groups is 1. The quantitative estimate of drug-likeness (QED) is 0.509. The molecule has 2 aromatic rings. The molecule has 1 amide bonds. The molecule has 1 aromatic carbocycles. The van der Waals surface area contributed by atoms with Crippen molar-refractivity contribution in [2.24, 2.45) is 0 Å². The van der Waals surface area contributed by atoms with E-state index in [1.165, 1.54) is 41.3 Å². The van der Waals surface area contributed by atoms with Crippen LogP contribution in [0.1, 0.15) is 71.2 Å². The lowest BCUT2D eigenvalue weighted by Gasteiger charge is -2.32. The van der Waals surface area contributed by atoms with Gasteiger partial charge in [0.1, 0.15) is 12.4 Å². The molecule has 1 fully saturated rings. The Kier molecular flexibility index (Phi) is 7.51. The molecule has 170 valence electrons. The first-order valence-electron chi connectivity index (χ1n) is 11.0. The molecular weight excluding hydrogens is 410 g/mol. The van der Waals surface area contributed by atoms with Gasteiger partial charge in [-0.15, -0.1) is 10.2 Å². The standard InChI is InChI=1S/C23H35N5O2S/c1-16(21(29)27(5)18-9-7-6-8-10-18)31-22-26-25-20(28(22)24)15-30-19-13-11-17(12-14-19)23(2,3)4/h11-14,16,18H,6-10,15,24H2,1-5H3. The predicted molar refractivity (Wildman–Crippen MR) is 125 cm³/mol. The van der Waals surface area contributed by atoms with Crippen molar-refractivity contribution in [3.8, 4) is 5.75 Å². The molecule has 0 spiro atoms. The molecule has 1 unspecified atom stereocenters. The predicted octanol–water partition coefficient (Wildman–Crippen LogP) is 4.14. The molecule has 1 aliphatic carbocycles. The fraction of sp³-hybridized carbons (Fsp3) is 0.609. The zero-order chi connectivity index (χ0) is 22.6. The molecular formula is C23H35N5O2S. The minimum absolute atomic E-state index is 0.0985. The van der Waals surface area contributed by atoms with Crippen LogP contribution in [0.2, 0.25) is 0 Å². The molecule has 31 heavy (non-hydrogen) atoms. The average molecular weight is 446 g/mol. The van der Waals surface area contributed by atoms with Gasteiger partial charge in [-0.2, -0.15) is 0 Å². The van der Waals surface area contributed by atoms with Crippen LogP contribution in [0.5, 0.6) is 5.75 Å². The van der Waals surface area contributed by atoms with Crippen LogP contribution in [0.3, 0.4) is 0 Å². The maximum atomic E-state index is 12.9. The van der Waals surface area contributed by atoms with Crippen LogP contribution >= 0.6 is 11.8 Å². The van der Waals surface area contributed by atoms with E-state index in [2.05, 4.69) is 43.1 Å². The summed E-state index contributed by atoms with van der Waals surface area (Å²) in [7, 11) is 1.91.